The van der Waals surface area contributed by atoms with Gasteiger partial charge in [0.25, 0.3) is 0 Å². The largest absolute Gasteiger partial charge is 0.481 e. The molecule has 4 heteroatoms. The van der Waals surface area contributed by atoms with E-state index in [0.717, 1.165) is 24.0 Å². The number of rotatable bonds is 7. The number of methoxy groups -OCH3 is 1. The maximum absolute atomic E-state index is 5.16. The smallest absolute Gasteiger partial charge is 0.213 e. The molecule has 0 atom stereocenters. The Labute approximate surface area is 130 Å². The van der Waals surface area contributed by atoms with Crippen molar-refractivity contribution in [3.05, 3.63) is 53.7 Å². The first-order chi connectivity index (χ1) is 10.3. The Morgan fingerprint density at radius 1 is 1.24 bits per heavy atom. The topological polar surface area (TPSA) is 34.1 Å². The molecular formula is C17H20N2OS. The highest BCUT2D eigenvalue weighted by Gasteiger charge is 2.19. The van der Waals surface area contributed by atoms with Crippen LogP contribution in [0.1, 0.15) is 24.1 Å². The van der Waals surface area contributed by atoms with Crippen LogP contribution in [0.5, 0.6) is 5.88 Å². The lowest BCUT2D eigenvalue weighted by molar-refractivity contribution is 0.397. The van der Waals surface area contributed by atoms with Crippen LogP contribution in [0.2, 0.25) is 0 Å². The molecule has 0 bridgehead atoms. The molecule has 1 aromatic heterocycles. The van der Waals surface area contributed by atoms with Crippen molar-refractivity contribution in [1.29, 1.82) is 0 Å². The second kappa shape index (κ2) is 6.96. The second-order valence-electron chi connectivity index (χ2n) is 5.26. The summed E-state index contributed by atoms with van der Waals surface area (Å²) in [6, 6.07) is 15.4. The van der Waals surface area contributed by atoms with Gasteiger partial charge in [-0.05, 0) is 36.6 Å². The number of ether oxygens (including phenoxy) is 1. The van der Waals surface area contributed by atoms with Crippen LogP contribution in [0, 0.1) is 0 Å². The quantitative estimate of drug-likeness (QED) is 0.792. The van der Waals surface area contributed by atoms with Crippen molar-refractivity contribution in [2.24, 2.45) is 0 Å². The zero-order valence-electron chi connectivity index (χ0n) is 12.2. The fourth-order valence-corrected chi connectivity index (χ4v) is 2.99. The van der Waals surface area contributed by atoms with Gasteiger partial charge in [0.1, 0.15) is 0 Å². The van der Waals surface area contributed by atoms with Crippen molar-refractivity contribution in [2.75, 3.05) is 7.11 Å². The van der Waals surface area contributed by atoms with E-state index in [2.05, 4.69) is 34.6 Å². The summed E-state index contributed by atoms with van der Waals surface area (Å²) < 4.78 is 5.16. The summed E-state index contributed by atoms with van der Waals surface area (Å²) in [5.41, 5.74) is 2.39. The van der Waals surface area contributed by atoms with Crippen molar-refractivity contribution in [3.8, 4) is 5.88 Å². The molecule has 2 aromatic rings. The predicted octanol–water partition coefficient (Wildman–Crippen LogP) is 3.63. The van der Waals surface area contributed by atoms with E-state index in [1.54, 1.807) is 7.11 Å². The Hall–Kier alpha value is -1.52. The minimum atomic E-state index is 0.676. The van der Waals surface area contributed by atoms with Crippen LogP contribution in [0.4, 0.5) is 0 Å². The summed E-state index contributed by atoms with van der Waals surface area (Å²) in [7, 11) is 1.65. The Morgan fingerprint density at radius 3 is 2.90 bits per heavy atom. The normalized spacial score (nSPS) is 14.1. The molecule has 1 aromatic carbocycles. The van der Waals surface area contributed by atoms with Crippen LogP contribution in [-0.2, 0) is 12.3 Å². The summed E-state index contributed by atoms with van der Waals surface area (Å²) in [5, 5.41) is 3.55. The molecule has 0 saturated heterocycles. The van der Waals surface area contributed by atoms with Gasteiger partial charge in [0.05, 0.1) is 12.8 Å². The highest BCUT2D eigenvalue weighted by molar-refractivity contribution is 7.98. The van der Waals surface area contributed by atoms with Crippen molar-refractivity contribution < 1.29 is 4.74 Å². The van der Waals surface area contributed by atoms with E-state index in [-0.39, 0.29) is 0 Å². The van der Waals surface area contributed by atoms with E-state index in [1.165, 1.54) is 23.3 Å². The maximum Gasteiger partial charge on any atom is 0.213 e. The number of hydrogen-bond acceptors (Lipinski definition) is 4. The summed E-state index contributed by atoms with van der Waals surface area (Å²) in [4.78, 5) is 5.73. The van der Waals surface area contributed by atoms with Crippen molar-refractivity contribution in [3.63, 3.8) is 0 Å². The van der Waals surface area contributed by atoms with E-state index in [0.29, 0.717) is 5.88 Å². The SMILES string of the molecule is COc1cccc(CSc2cccc(CNC3CC3)c2)n1. The van der Waals surface area contributed by atoms with Gasteiger partial charge in [0.15, 0.2) is 0 Å². The van der Waals surface area contributed by atoms with Crippen LogP contribution >= 0.6 is 11.8 Å². The van der Waals surface area contributed by atoms with Gasteiger partial charge < -0.3 is 10.1 Å². The van der Waals surface area contributed by atoms with E-state index >= 15 is 0 Å². The van der Waals surface area contributed by atoms with Crippen LogP contribution in [0.25, 0.3) is 0 Å². The van der Waals surface area contributed by atoms with Crippen molar-refractivity contribution >= 4 is 11.8 Å². The fraction of sp³-hybridized carbons (Fsp3) is 0.353. The number of pyridine rings is 1. The Balaban J connectivity index is 1.57. The average molecular weight is 300 g/mol. The fourth-order valence-electron chi connectivity index (χ4n) is 2.10. The summed E-state index contributed by atoms with van der Waals surface area (Å²) in [6.45, 7) is 0.969. The van der Waals surface area contributed by atoms with Crippen molar-refractivity contribution in [1.82, 2.24) is 10.3 Å². The third-order valence-electron chi connectivity index (χ3n) is 3.45. The molecule has 1 fully saturated rings. The number of nitrogens with zero attached hydrogens (tertiary/aromatic N) is 1. The molecule has 0 aliphatic heterocycles. The van der Waals surface area contributed by atoms with Gasteiger partial charge in [0, 0.05) is 29.3 Å². The first-order valence-electron chi connectivity index (χ1n) is 7.28. The summed E-state index contributed by atoms with van der Waals surface area (Å²) >= 11 is 1.81. The standard InChI is InChI=1S/C17H20N2OS/c1-20-17-7-3-5-15(19-17)12-21-16-6-2-4-13(10-16)11-18-14-8-9-14/h2-7,10,14,18H,8-9,11-12H2,1H3. The van der Waals surface area contributed by atoms with E-state index in [1.807, 2.05) is 30.0 Å². The number of benzene rings is 1. The molecule has 1 N–H and O–H groups in total. The van der Waals surface area contributed by atoms with Gasteiger partial charge in [-0.2, -0.15) is 0 Å². The molecule has 21 heavy (non-hydrogen) atoms. The van der Waals surface area contributed by atoms with Gasteiger partial charge in [-0.1, -0.05) is 18.2 Å². The molecule has 1 aliphatic rings. The molecular weight excluding hydrogens is 280 g/mol. The minimum Gasteiger partial charge on any atom is -0.481 e. The van der Waals surface area contributed by atoms with E-state index in [4.69, 9.17) is 4.74 Å². The third-order valence-corrected chi connectivity index (χ3v) is 4.48. The Morgan fingerprint density at radius 2 is 2.10 bits per heavy atom. The Bertz CT molecular complexity index is 599. The molecule has 0 unspecified atom stereocenters. The molecule has 1 aliphatic carbocycles. The average Bonchev–Trinajstić information content (AvgIpc) is 3.36. The van der Waals surface area contributed by atoms with Crippen LogP contribution in [-0.4, -0.2) is 18.1 Å². The van der Waals surface area contributed by atoms with Crippen LogP contribution in [0.15, 0.2) is 47.4 Å². The Kier molecular flexibility index (Phi) is 4.78. The number of aromatic nitrogens is 1. The number of thioether (sulfide) groups is 1. The van der Waals surface area contributed by atoms with Gasteiger partial charge in [-0.15, -0.1) is 11.8 Å². The molecule has 0 amide bonds. The maximum atomic E-state index is 5.16. The van der Waals surface area contributed by atoms with Crippen LogP contribution < -0.4 is 10.1 Å². The molecule has 1 saturated carbocycles. The molecule has 3 nitrogen and oxygen atoms in total. The third kappa shape index (κ3) is 4.48. The zero-order chi connectivity index (χ0) is 14.5. The van der Waals surface area contributed by atoms with Crippen LogP contribution in [0.3, 0.4) is 0 Å². The summed E-state index contributed by atoms with van der Waals surface area (Å²) in [6.07, 6.45) is 2.66. The number of hydrogen-bond donors (Lipinski definition) is 1. The molecule has 0 spiro atoms. The highest BCUT2D eigenvalue weighted by Crippen LogP contribution is 2.24. The van der Waals surface area contributed by atoms with Crippen molar-refractivity contribution in [2.45, 2.75) is 36.1 Å². The molecule has 110 valence electrons. The molecule has 0 radical (unpaired) electrons. The first-order valence-corrected chi connectivity index (χ1v) is 8.27. The number of nitrogens with one attached hydrogen (secondary N) is 1. The van der Waals surface area contributed by atoms with E-state index < -0.39 is 0 Å². The monoisotopic (exact) mass is 300 g/mol. The lowest BCUT2D eigenvalue weighted by Crippen LogP contribution is -2.15. The van der Waals surface area contributed by atoms with Gasteiger partial charge in [0.2, 0.25) is 5.88 Å². The highest BCUT2D eigenvalue weighted by atomic mass is 32.2. The lowest BCUT2D eigenvalue weighted by atomic mass is 10.2. The van der Waals surface area contributed by atoms with E-state index in [9.17, 15) is 0 Å². The van der Waals surface area contributed by atoms with Gasteiger partial charge >= 0.3 is 0 Å². The van der Waals surface area contributed by atoms with Gasteiger partial charge in [-0.25, -0.2) is 4.98 Å². The lowest BCUT2D eigenvalue weighted by Gasteiger charge is -2.07. The zero-order valence-corrected chi connectivity index (χ0v) is 13.0. The molecule has 1 heterocycles. The summed E-state index contributed by atoms with van der Waals surface area (Å²) in [5.74, 6) is 1.53. The predicted molar refractivity (Wildman–Crippen MR) is 86.7 cm³/mol. The molecule has 3 rings (SSSR count). The minimum absolute atomic E-state index is 0.676. The first kappa shape index (κ1) is 14.4. The second-order valence-corrected chi connectivity index (χ2v) is 6.31. The van der Waals surface area contributed by atoms with Gasteiger partial charge in [-0.3, -0.25) is 0 Å².